The topological polar surface area (TPSA) is 35.0 Å². The molecule has 0 fully saturated rings. The zero-order chi connectivity index (χ0) is 13.7. The molecule has 20 heavy (non-hydrogen) atoms. The lowest BCUT2D eigenvalue weighted by Crippen LogP contribution is -2.07. The number of hydrogen-bond acceptors (Lipinski definition) is 4. The number of aromatic nitrogens is 2. The summed E-state index contributed by atoms with van der Waals surface area (Å²) in [6.07, 6.45) is 0. The Hall–Kier alpha value is -1.65. The maximum Gasteiger partial charge on any atom is 0.142 e. The first-order chi connectivity index (χ1) is 9.72. The summed E-state index contributed by atoms with van der Waals surface area (Å²) in [6, 6.07) is 10.1. The Morgan fingerprint density at radius 2 is 2.15 bits per heavy atom. The molecule has 100 valence electrons. The van der Waals surface area contributed by atoms with E-state index in [2.05, 4.69) is 23.0 Å². The van der Waals surface area contributed by atoms with Crippen LogP contribution in [0.3, 0.4) is 0 Å². The molecule has 1 aliphatic heterocycles. The molecule has 1 atom stereocenters. The van der Waals surface area contributed by atoms with Crippen LogP contribution >= 0.6 is 22.9 Å². The van der Waals surface area contributed by atoms with Crippen LogP contribution in [0.25, 0.3) is 10.2 Å². The molecule has 2 aromatic heterocycles. The molecule has 5 heteroatoms. The van der Waals surface area contributed by atoms with Gasteiger partial charge < -0.3 is 4.74 Å². The number of benzene rings is 1. The molecule has 0 bridgehead atoms. The second-order valence-corrected chi connectivity index (χ2v) is 6.44. The SMILES string of the molecule is Cc1cc2c(Cl)nc(C3COc4ccccc43)nc2s1. The van der Waals surface area contributed by atoms with Gasteiger partial charge in [0.1, 0.15) is 28.2 Å². The van der Waals surface area contributed by atoms with E-state index in [1.54, 1.807) is 11.3 Å². The first-order valence-corrected chi connectivity index (χ1v) is 7.57. The Morgan fingerprint density at radius 3 is 3.05 bits per heavy atom. The number of rotatable bonds is 1. The predicted octanol–water partition coefficient (Wildman–Crippen LogP) is 4.18. The van der Waals surface area contributed by atoms with Gasteiger partial charge in [0.15, 0.2) is 0 Å². The zero-order valence-corrected chi connectivity index (χ0v) is 12.3. The maximum atomic E-state index is 6.30. The summed E-state index contributed by atoms with van der Waals surface area (Å²) in [5.41, 5.74) is 1.14. The second kappa shape index (κ2) is 4.43. The van der Waals surface area contributed by atoms with Gasteiger partial charge in [0.05, 0.1) is 5.92 Å². The van der Waals surface area contributed by atoms with Crippen molar-refractivity contribution in [3.8, 4) is 5.75 Å². The first-order valence-electron chi connectivity index (χ1n) is 6.37. The van der Waals surface area contributed by atoms with Crippen molar-refractivity contribution in [2.45, 2.75) is 12.8 Å². The van der Waals surface area contributed by atoms with Crippen molar-refractivity contribution in [2.75, 3.05) is 6.61 Å². The molecule has 0 saturated heterocycles. The van der Waals surface area contributed by atoms with Crippen molar-refractivity contribution in [3.63, 3.8) is 0 Å². The summed E-state index contributed by atoms with van der Waals surface area (Å²) in [4.78, 5) is 11.3. The average Bonchev–Trinajstić information content (AvgIpc) is 3.01. The standard InChI is InChI=1S/C15H11ClN2OS/c1-8-6-10-13(16)17-14(18-15(10)20-8)11-7-19-12-5-3-2-4-9(11)12/h2-6,11H,7H2,1H3. The lowest BCUT2D eigenvalue weighted by Gasteiger charge is -2.07. The maximum absolute atomic E-state index is 6.30. The number of nitrogens with zero attached hydrogens (tertiary/aromatic N) is 2. The van der Waals surface area contributed by atoms with Gasteiger partial charge in [-0.25, -0.2) is 9.97 Å². The Labute approximate surface area is 125 Å². The van der Waals surface area contributed by atoms with E-state index in [0.29, 0.717) is 11.8 Å². The summed E-state index contributed by atoms with van der Waals surface area (Å²) < 4.78 is 5.70. The highest BCUT2D eigenvalue weighted by molar-refractivity contribution is 7.18. The normalized spacial score (nSPS) is 17.2. The van der Waals surface area contributed by atoms with Crippen LogP contribution in [0.1, 0.15) is 22.2 Å². The minimum atomic E-state index is 0.0653. The highest BCUT2D eigenvalue weighted by Gasteiger charge is 2.28. The van der Waals surface area contributed by atoms with E-state index in [1.165, 1.54) is 4.88 Å². The van der Waals surface area contributed by atoms with Gasteiger partial charge in [-0.05, 0) is 19.1 Å². The zero-order valence-electron chi connectivity index (χ0n) is 10.8. The number of aryl methyl sites for hydroxylation is 1. The number of hydrogen-bond donors (Lipinski definition) is 0. The molecule has 4 rings (SSSR count). The number of ether oxygens (including phenoxy) is 1. The summed E-state index contributed by atoms with van der Waals surface area (Å²) in [6.45, 7) is 2.63. The highest BCUT2D eigenvalue weighted by atomic mass is 35.5. The molecule has 0 N–H and O–H groups in total. The minimum Gasteiger partial charge on any atom is -0.492 e. The van der Waals surface area contributed by atoms with Gasteiger partial charge >= 0.3 is 0 Å². The van der Waals surface area contributed by atoms with Crippen LogP contribution in [-0.2, 0) is 0 Å². The fourth-order valence-corrected chi connectivity index (χ4v) is 3.73. The van der Waals surface area contributed by atoms with Gasteiger partial charge in [-0.2, -0.15) is 0 Å². The van der Waals surface area contributed by atoms with Crippen LogP contribution in [0.5, 0.6) is 5.75 Å². The minimum absolute atomic E-state index is 0.0653. The quantitative estimate of drug-likeness (QED) is 0.633. The number of halogens is 1. The lowest BCUT2D eigenvalue weighted by molar-refractivity contribution is 0.340. The molecule has 0 amide bonds. The van der Waals surface area contributed by atoms with Gasteiger partial charge in [-0.3, -0.25) is 0 Å². The molecular weight excluding hydrogens is 292 g/mol. The smallest absolute Gasteiger partial charge is 0.142 e. The first kappa shape index (κ1) is 12.1. The fraction of sp³-hybridized carbons (Fsp3) is 0.200. The number of thiophene rings is 1. The van der Waals surface area contributed by atoms with Crippen LogP contribution in [-0.4, -0.2) is 16.6 Å². The monoisotopic (exact) mass is 302 g/mol. The Morgan fingerprint density at radius 1 is 1.30 bits per heavy atom. The molecule has 0 spiro atoms. The van der Waals surface area contributed by atoms with Crippen LogP contribution in [0.4, 0.5) is 0 Å². The van der Waals surface area contributed by atoms with Crippen molar-refractivity contribution in [1.29, 1.82) is 0 Å². The van der Waals surface area contributed by atoms with E-state index in [9.17, 15) is 0 Å². The van der Waals surface area contributed by atoms with Gasteiger partial charge in [0.2, 0.25) is 0 Å². The molecule has 0 radical (unpaired) electrons. The van der Waals surface area contributed by atoms with Crippen LogP contribution in [0.15, 0.2) is 30.3 Å². The molecule has 3 nitrogen and oxygen atoms in total. The summed E-state index contributed by atoms with van der Waals surface area (Å²) in [5, 5.41) is 1.46. The Kier molecular flexibility index (Phi) is 2.69. The second-order valence-electron chi connectivity index (χ2n) is 4.85. The van der Waals surface area contributed by atoms with Gasteiger partial charge in [0, 0.05) is 15.8 Å². The third kappa shape index (κ3) is 1.79. The van der Waals surface area contributed by atoms with Crippen molar-refractivity contribution in [2.24, 2.45) is 0 Å². The van der Waals surface area contributed by atoms with E-state index >= 15 is 0 Å². The molecule has 0 aliphatic carbocycles. The van der Waals surface area contributed by atoms with Gasteiger partial charge in [-0.15, -0.1) is 11.3 Å². The average molecular weight is 303 g/mol. The molecule has 3 aromatic rings. The highest BCUT2D eigenvalue weighted by Crippen LogP contribution is 2.38. The predicted molar refractivity (Wildman–Crippen MR) is 80.9 cm³/mol. The van der Waals surface area contributed by atoms with E-state index in [-0.39, 0.29) is 5.92 Å². The number of para-hydroxylation sites is 1. The van der Waals surface area contributed by atoms with Crippen molar-refractivity contribution in [1.82, 2.24) is 9.97 Å². The van der Waals surface area contributed by atoms with E-state index in [1.807, 2.05) is 24.3 Å². The van der Waals surface area contributed by atoms with E-state index < -0.39 is 0 Å². The van der Waals surface area contributed by atoms with Crippen molar-refractivity contribution in [3.05, 3.63) is 51.7 Å². The van der Waals surface area contributed by atoms with E-state index in [4.69, 9.17) is 16.3 Å². The molecule has 1 aliphatic rings. The summed E-state index contributed by atoms with van der Waals surface area (Å²) >= 11 is 7.94. The van der Waals surface area contributed by atoms with Crippen LogP contribution in [0.2, 0.25) is 5.15 Å². The third-order valence-corrected chi connectivity index (χ3v) is 4.73. The Bertz CT molecular complexity index is 815. The van der Waals surface area contributed by atoms with E-state index in [0.717, 1.165) is 27.4 Å². The van der Waals surface area contributed by atoms with Crippen LogP contribution < -0.4 is 4.74 Å². The number of fused-ring (bicyclic) bond motifs is 2. The molecule has 0 saturated carbocycles. The lowest BCUT2D eigenvalue weighted by atomic mass is 10.0. The molecule has 3 heterocycles. The van der Waals surface area contributed by atoms with Gasteiger partial charge in [-0.1, -0.05) is 29.8 Å². The van der Waals surface area contributed by atoms with Crippen molar-refractivity contribution < 1.29 is 4.74 Å². The largest absolute Gasteiger partial charge is 0.492 e. The third-order valence-electron chi connectivity index (χ3n) is 3.50. The van der Waals surface area contributed by atoms with Crippen LogP contribution in [0, 0.1) is 6.92 Å². The van der Waals surface area contributed by atoms with Crippen molar-refractivity contribution >= 4 is 33.2 Å². The molecule has 1 aromatic carbocycles. The summed E-state index contributed by atoms with van der Waals surface area (Å²) in [7, 11) is 0. The Balaban J connectivity index is 1.87. The fourth-order valence-electron chi connectivity index (χ4n) is 2.55. The van der Waals surface area contributed by atoms with Gasteiger partial charge in [0.25, 0.3) is 0 Å². The molecular formula is C15H11ClN2OS. The summed E-state index contributed by atoms with van der Waals surface area (Å²) in [5.74, 6) is 1.73. The molecule has 1 unspecified atom stereocenters.